The van der Waals surface area contributed by atoms with Crippen molar-refractivity contribution in [1.29, 1.82) is 0 Å². The lowest BCUT2D eigenvalue weighted by Gasteiger charge is -2.27. The number of carbonyl (C=O) groups excluding carboxylic acids is 3. The number of nitrogens with one attached hydrogen (secondary N) is 1. The van der Waals surface area contributed by atoms with E-state index in [4.69, 9.17) is 11.6 Å². The number of benzene rings is 2. The van der Waals surface area contributed by atoms with Crippen molar-refractivity contribution in [2.75, 3.05) is 5.32 Å². The fourth-order valence-electron chi connectivity index (χ4n) is 3.20. The second-order valence-electron chi connectivity index (χ2n) is 7.14. The van der Waals surface area contributed by atoms with Gasteiger partial charge in [-0.2, -0.15) is 0 Å². The van der Waals surface area contributed by atoms with Crippen LogP contribution in [0, 0.1) is 12.8 Å². The van der Waals surface area contributed by atoms with E-state index >= 15 is 0 Å². The first-order valence-corrected chi connectivity index (χ1v) is 9.21. The van der Waals surface area contributed by atoms with Gasteiger partial charge in [-0.3, -0.25) is 19.3 Å². The topological polar surface area (TPSA) is 66.5 Å². The molecule has 1 heterocycles. The summed E-state index contributed by atoms with van der Waals surface area (Å²) in [7, 11) is 0. The van der Waals surface area contributed by atoms with E-state index in [0.29, 0.717) is 28.3 Å². The van der Waals surface area contributed by atoms with Crippen LogP contribution in [0.1, 0.15) is 46.5 Å². The van der Waals surface area contributed by atoms with Crippen molar-refractivity contribution in [3.63, 3.8) is 0 Å². The molecule has 1 unspecified atom stereocenters. The quantitative estimate of drug-likeness (QED) is 0.781. The summed E-state index contributed by atoms with van der Waals surface area (Å²) in [5, 5.41) is 3.18. The molecule has 0 saturated carbocycles. The number of carbonyl (C=O) groups is 3. The maximum atomic E-state index is 13.0. The molecule has 1 N–H and O–H groups in total. The Balaban J connectivity index is 1.91. The van der Waals surface area contributed by atoms with Crippen molar-refractivity contribution in [2.24, 2.45) is 5.92 Å². The summed E-state index contributed by atoms with van der Waals surface area (Å²) in [6.45, 7) is 5.78. The standard InChI is InChI=1S/C21H21ClN2O3/c1-12(2)10-18(19(25)23-17-9-8-13(3)11-16(17)22)24-20(26)14-6-4-5-7-15(14)21(24)27/h4-9,11-12,18H,10H2,1-3H3,(H,23,25). The molecule has 0 spiro atoms. The van der Waals surface area contributed by atoms with Gasteiger partial charge in [-0.05, 0) is 49.1 Å². The minimum Gasteiger partial charge on any atom is -0.323 e. The van der Waals surface area contributed by atoms with Gasteiger partial charge in [0.25, 0.3) is 11.8 Å². The lowest BCUT2D eigenvalue weighted by molar-refractivity contribution is -0.120. The van der Waals surface area contributed by atoms with Gasteiger partial charge < -0.3 is 5.32 Å². The number of rotatable bonds is 5. The average Bonchev–Trinajstić information content (AvgIpc) is 2.86. The molecule has 140 valence electrons. The van der Waals surface area contributed by atoms with Gasteiger partial charge >= 0.3 is 0 Å². The monoisotopic (exact) mass is 384 g/mol. The molecule has 0 radical (unpaired) electrons. The normalized spacial score (nSPS) is 14.5. The van der Waals surface area contributed by atoms with Crippen molar-refractivity contribution in [3.8, 4) is 0 Å². The predicted molar refractivity (Wildman–Crippen MR) is 105 cm³/mol. The Morgan fingerprint density at radius 2 is 1.67 bits per heavy atom. The van der Waals surface area contributed by atoms with Crippen LogP contribution in [0.15, 0.2) is 42.5 Å². The van der Waals surface area contributed by atoms with Crippen LogP contribution in [0.4, 0.5) is 5.69 Å². The second kappa shape index (κ2) is 7.53. The van der Waals surface area contributed by atoms with E-state index in [1.165, 1.54) is 0 Å². The van der Waals surface area contributed by atoms with E-state index in [2.05, 4.69) is 5.32 Å². The van der Waals surface area contributed by atoms with Crippen molar-refractivity contribution >= 4 is 35.0 Å². The molecule has 1 aliphatic rings. The molecular weight excluding hydrogens is 364 g/mol. The largest absolute Gasteiger partial charge is 0.323 e. The van der Waals surface area contributed by atoms with E-state index in [9.17, 15) is 14.4 Å². The zero-order valence-electron chi connectivity index (χ0n) is 15.5. The van der Waals surface area contributed by atoms with Crippen LogP contribution in [-0.2, 0) is 4.79 Å². The molecule has 0 aliphatic carbocycles. The van der Waals surface area contributed by atoms with Gasteiger partial charge in [0, 0.05) is 0 Å². The van der Waals surface area contributed by atoms with Crippen molar-refractivity contribution in [2.45, 2.75) is 33.2 Å². The Labute approximate surface area is 163 Å². The van der Waals surface area contributed by atoms with Gasteiger partial charge in [0.05, 0.1) is 21.8 Å². The molecule has 0 saturated heterocycles. The van der Waals surface area contributed by atoms with Crippen LogP contribution in [0.25, 0.3) is 0 Å². The summed E-state index contributed by atoms with van der Waals surface area (Å²) in [6.07, 6.45) is 0.362. The molecule has 1 aliphatic heterocycles. The lowest BCUT2D eigenvalue weighted by atomic mass is 10.0. The van der Waals surface area contributed by atoms with Crippen LogP contribution >= 0.6 is 11.6 Å². The van der Waals surface area contributed by atoms with Gasteiger partial charge in [-0.1, -0.05) is 43.6 Å². The SMILES string of the molecule is Cc1ccc(NC(=O)C(CC(C)C)N2C(=O)c3ccccc3C2=O)c(Cl)c1. The maximum absolute atomic E-state index is 13.0. The first kappa shape index (κ1) is 19.1. The molecule has 3 rings (SSSR count). The number of imide groups is 1. The van der Waals surface area contributed by atoms with Crippen molar-refractivity contribution in [1.82, 2.24) is 4.90 Å². The van der Waals surface area contributed by atoms with Crippen LogP contribution in [0.3, 0.4) is 0 Å². The average molecular weight is 385 g/mol. The highest BCUT2D eigenvalue weighted by molar-refractivity contribution is 6.34. The van der Waals surface area contributed by atoms with Gasteiger partial charge in [-0.15, -0.1) is 0 Å². The van der Waals surface area contributed by atoms with E-state index in [1.807, 2.05) is 26.8 Å². The molecule has 27 heavy (non-hydrogen) atoms. The molecule has 0 bridgehead atoms. The van der Waals surface area contributed by atoms with Gasteiger partial charge in [0.1, 0.15) is 6.04 Å². The number of hydrogen-bond donors (Lipinski definition) is 1. The van der Waals surface area contributed by atoms with Crippen molar-refractivity contribution < 1.29 is 14.4 Å². The minimum absolute atomic E-state index is 0.110. The first-order chi connectivity index (χ1) is 12.8. The van der Waals surface area contributed by atoms with Gasteiger partial charge in [-0.25, -0.2) is 0 Å². The zero-order chi connectivity index (χ0) is 19.7. The van der Waals surface area contributed by atoms with E-state index in [1.54, 1.807) is 36.4 Å². The number of nitrogens with zero attached hydrogens (tertiary/aromatic N) is 1. The van der Waals surface area contributed by atoms with E-state index < -0.39 is 23.8 Å². The van der Waals surface area contributed by atoms with Crippen LogP contribution in [0.5, 0.6) is 0 Å². The fourth-order valence-corrected chi connectivity index (χ4v) is 3.49. The third-order valence-corrected chi connectivity index (χ3v) is 4.83. The minimum atomic E-state index is -0.908. The number of hydrogen-bond acceptors (Lipinski definition) is 3. The molecule has 3 amide bonds. The summed E-state index contributed by atoms with van der Waals surface area (Å²) in [5.74, 6) is -1.19. The number of amides is 3. The number of halogens is 1. The maximum Gasteiger partial charge on any atom is 0.262 e. The highest BCUT2D eigenvalue weighted by Gasteiger charge is 2.42. The second-order valence-corrected chi connectivity index (χ2v) is 7.55. The first-order valence-electron chi connectivity index (χ1n) is 8.83. The Morgan fingerprint density at radius 3 is 2.19 bits per heavy atom. The molecule has 2 aromatic rings. The molecule has 0 fully saturated rings. The third kappa shape index (κ3) is 3.74. The van der Waals surface area contributed by atoms with Gasteiger partial charge in [0.2, 0.25) is 5.91 Å². The number of aryl methyl sites for hydroxylation is 1. The number of fused-ring (bicyclic) bond motifs is 1. The number of anilines is 1. The molecule has 1 atom stereocenters. The van der Waals surface area contributed by atoms with E-state index in [-0.39, 0.29) is 5.92 Å². The summed E-state index contributed by atoms with van der Waals surface area (Å²) in [5.41, 5.74) is 2.09. The summed E-state index contributed by atoms with van der Waals surface area (Å²) in [6, 6.07) is 11.0. The van der Waals surface area contributed by atoms with Crippen LogP contribution < -0.4 is 5.32 Å². The summed E-state index contributed by atoms with van der Waals surface area (Å²) >= 11 is 6.21. The van der Waals surface area contributed by atoms with Crippen molar-refractivity contribution in [3.05, 3.63) is 64.2 Å². The molecule has 6 heteroatoms. The zero-order valence-corrected chi connectivity index (χ0v) is 16.2. The van der Waals surface area contributed by atoms with Crippen LogP contribution in [0.2, 0.25) is 5.02 Å². The molecule has 2 aromatic carbocycles. The Bertz CT molecular complexity index is 888. The van der Waals surface area contributed by atoms with Crippen LogP contribution in [-0.4, -0.2) is 28.7 Å². The van der Waals surface area contributed by atoms with Gasteiger partial charge in [0.15, 0.2) is 0 Å². The third-order valence-electron chi connectivity index (χ3n) is 4.52. The van der Waals surface area contributed by atoms with E-state index in [0.717, 1.165) is 10.5 Å². The fraction of sp³-hybridized carbons (Fsp3) is 0.286. The predicted octanol–water partition coefficient (Wildman–Crippen LogP) is 4.30. The Hall–Kier alpha value is -2.66. The highest BCUT2D eigenvalue weighted by atomic mass is 35.5. The summed E-state index contributed by atoms with van der Waals surface area (Å²) < 4.78 is 0. The smallest absolute Gasteiger partial charge is 0.262 e. The Kier molecular flexibility index (Phi) is 5.33. The lowest BCUT2D eigenvalue weighted by Crippen LogP contribution is -2.48. The summed E-state index contributed by atoms with van der Waals surface area (Å²) in [4.78, 5) is 39.7. The molecular formula is C21H21ClN2O3. The Morgan fingerprint density at radius 1 is 1.07 bits per heavy atom. The molecule has 0 aromatic heterocycles. The molecule has 5 nitrogen and oxygen atoms in total. The highest BCUT2D eigenvalue weighted by Crippen LogP contribution is 2.29.